The van der Waals surface area contributed by atoms with Crippen LogP contribution in [-0.2, 0) is 95.4 Å². The Morgan fingerprint density at radius 1 is 0.688 bits per heavy atom. The van der Waals surface area contributed by atoms with Crippen molar-refractivity contribution in [1.82, 2.24) is 66.5 Å². The van der Waals surface area contributed by atoms with Crippen molar-refractivity contribution in [3.8, 4) is 11.5 Å². The second kappa shape index (κ2) is 39.0. The van der Waals surface area contributed by atoms with Gasteiger partial charge in [-0.3, -0.25) is 42.9 Å². The molecule has 0 bridgehead atoms. The van der Waals surface area contributed by atoms with Gasteiger partial charge in [0.1, 0.15) is 102 Å². The minimum atomic E-state index is -4.63. The molecule has 5 aliphatic heterocycles. The van der Waals surface area contributed by atoms with Crippen LogP contribution < -0.4 is 62.6 Å². The molecule has 7 amide bonds. The monoisotopic (exact) mass is 1550 g/mol. The lowest BCUT2D eigenvalue weighted by Crippen LogP contribution is -2.59. The molecule has 0 spiro atoms. The average molecular weight is 1560 g/mol. The maximum absolute atomic E-state index is 13.9. The number of aliphatic hydroxyl groups excluding tert-OH is 8. The van der Waals surface area contributed by atoms with Gasteiger partial charge in [-0.1, -0.05) is 10.4 Å². The van der Waals surface area contributed by atoms with Crippen LogP contribution in [0.4, 0.5) is 11.4 Å². The number of benzene rings is 2. The van der Waals surface area contributed by atoms with E-state index in [1.165, 1.54) is 28.0 Å². The highest BCUT2D eigenvalue weighted by molar-refractivity contribution is 7.85. The number of ether oxygens (including phenoxy) is 5. The molecule has 40 heteroatoms. The van der Waals surface area contributed by atoms with Crippen LogP contribution in [0.1, 0.15) is 140 Å². The number of unbranched alkanes of at least 4 members (excludes halogenated alkanes) is 3. The lowest BCUT2D eigenvalue weighted by atomic mass is 9.79. The Morgan fingerprint density at radius 2 is 1.24 bits per heavy atom. The minimum Gasteiger partial charge on any atom is -0.748 e. The van der Waals surface area contributed by atoms with Crippen molar-refractivity contribution in [3.63, 3.8) is 0 Å². The maximum atomic E-state index is 13.9. The Hall–Kier alpha value is -8.36. The molecular formula is C69H102N16O23S. The first-order valence-electron chi connectivity index (χ1n) is 36.7. The number of aryl methyl sites for hydroxylation is 3. The molecule has 14 atom stereocenters. The summed E-state index contributed by atoms with van der Waals surface area (Å²) in [5.74, 6) is -4.92. The molecule has 4 aromatic rings. The summed E-state index contributed by atoms with van der Waals surface area (Å²) in [6.45, 7) is 7.10. The van der Waals surface area contributed by atoms with E-state index in [1.807, 2.05) is 38.1 Å². The largest absolute Gasteiger partial charge is 0.748 e. The average Bonchev–Trinajstić information content (AvgIpc) is 0.943. The number of aromatic nitrogens is 6. The SMILES string of the molecule is CC[N+]1=c2cc3c(cc2CCC1)=Nc1cc2c(cc1O3)N(CCCC(=O)NCCCC[C@H](NC(=O)CNC(=O)[C@H](CCCCn1cc(CO[C@H]3O[C@H](CO)[C@@H](O)[C@H](O)[C@@H]3O)nn1)NC(=O)CNC(=O)[C@H](CCCCn1cc(CO[C@H]3O[C@H](CO)[C@@H](O)[C@H](O)[C@@H]3O)nn1)NC(C)=O)C(N)=O)C(C)(C)CC2CS(=O)(=O)[O-]. The van der Waals surface area contributed by atoms with Gasteiger partial charge in [0.05, 0.1) is 68.1 Å². The second-order valence-electron chi connectivity index (χ2n) is 28.5. The zero-order valence-corrected chi connectivity index (χ0v) is 62.2. The van der Waals surface area contributed by atoms with Crippen molar-refractivity contribution in [2.24, 2.45) is 10.7 Å². The van der Waals surface area contributed by atoms with Crippen molar-refractivity contribution < 1.29 is 111 Å². The van der Waals surface area contributed by atoms with E-state index < -0.39 is 169 Å². The lowest BCUT2D eigenvalue weighted by Gasteiger charge is -2.48. The number of carbonyl (C=O) groups is 7. The third-order valence-corrected chi connectivity index (χ3v) is 20.6. The van der Waals surface area contributed by atoms with Gasteiger partial charge in [0.25, 0.3) is 0 Å². The zero-order chi connectivity index (χ0) is 78.9. The normalized spacial score (nSPS) is 23.6. The van der Waals surface area contributed by atoms with Gasteiger partial charge in [0.15, 0.2) is 24.1 Å². The molecule has 0 saturated carbocycles. The molecule has 39 nitrogen and oxygen atoms in total. The van der Waals surface area contributed by atoms with Crippen molar-refractivity contribution in [2.75, 3.05) is 63.1 Å². The fraction of sp³-hybridized carbons (Fsp3) is 0.667. The highest BCUT2D eigenvalue weighted by atomic mass is 32.2. The van der Waals surface area contributed by atoms with Crippen molar-refractivity contribution in [2.45, 2.75) is 235 Å². The van der Waals surface area contributed by atoms with Crippen molar-refractivity contribution >= 4 is 62.8 Å². The highest BCUT2D eigenvalue weighted by Gasteiger charge is 2.46. The van der Waals surface area contributed by atoms with Gasteiger partial charge in [-0.25, -0.2) is 18.0 Å². The quantitative estimate of drug-likeness (QED) is 0.00989. The smallest absolute Gasteiger partial charge is 0.243 e. The first-order valence-corrected chi connectivity index (χ1v) is 38.3. The van der Waals surface area contributed by atoms with Gasteiger partial charge in [-0.05, 0) is 116 Å². The number of nitrogens with one attached hydrogen (secondary N) is 6. The van der Waals surface area contributed by atoms with Crippen LogP contribution in [0.5, 0.6) is 11.5 Å². The van der Waals surface area contributed by atoms with Gasteiger partial charge in [0.2, 0.25) is 46.7 Å². The Morgan fingerprint density at radius 3 is 1.78 bits per heavy atom. The molecule has 602 valence electrons. The molecule has 7 heterocycles. The molecule has 109 heavy (non-hydrogen) atoms. The zero-order valence-electron chi connectivity index (χ0n) is 61.4. The molecule has 2 fully saturated rings. The first-order chi connectivity index (χ1) is 51.9. The molecule has 0 aliphatic carbocycles. The van der Waals surface area contributed by atoms with Gasteiger partial charge >= 0.3 is 0 Å². The minimum absolute atomic E-state index is 0.0155. The molecule has 1 unspecified atom stereocenters. The Kier molecular flexibility index (Phi) is 30.3. The van der Waals surface area contributed by atoms with E-state index in [0.717, 1.165) is 31.3 Å². The number of rotatable bonds is 40. The van der Waals surface area contributed by atoms with Gasteiger partial charge < -0.3 is 112 Å². The summed E-state index contributed by atoms with van der Waals surface area (Å²) in [6, 6.07) is 4.15. The number of amides is 7. The van der Waals surface area contributed by atoms with Gasteiger partial charge in [0, 0.05) is 80.5 Å². The number of nitrogens with zero attached hydrogens (tertiary/aromatic N) is 9. The number of hydrogen-bond acceptors (Lipinski definition) is 29. The molecule has 5 aliphatic rings. The summed E-state index contributed by atoms with van der Waals surface area (Å²) >= 11 is 0. The highest BCUT2D eigenvalue weighted by Crippen LogP contribution is 2.49. The Labute approximate surface area is 628 Å². The Bertz CT molecular complexity index is 4070. The Balaban J connectivity index is 0.735. The molecule has 2 aromatic heterocycles. The number of fused-ring (bicyclic) bond motifs is 4. The fourth-order valence-corrected chi connectivity index (χ4v) is 14.8. The van der Waals surface area contributed by atoms with E-state index in [2.05, 4.69) is 68.9 Å². The maximum Gasteiger partial charge on any atom is 0.243 e. The van der Waals surface area contributed by atoms with Crippen LogP contribution in [0.3, 0.4) is 0 Å². The molecule has 2 saturated heterocycles. The predicted molar refractivity (Wildman–Crippen MR) is 379 cm³/mol. The summed E-state index contributed by atoms with van der Waals surface area (Å²) in [5.41, 5.74) is 8.70. The van der Waals surface area contributed by atoms with E-state index in [9.17, 15) is 87.4 Å². The van der Waals surface area contributed by atoms with Gasteiger partial charge in [-0.15, -0.1) is 10.2 Å². The standard InChI is InChI=1S/C69H102N16O23S/c1-5-82-20-12-14-39-24-47-51(26-49(39)82)106-52-27-50-43(25-48(52)75-47)40(37-109(101,102)103)28-69(3,4)85(50)23-13-18-55(89)71-19-9-6-15-44(64(70)98)76-56(90)29-73-66(100)46(17-8-11-22-84-32-42(79-81-84)36-105-68-63(97)61(95)59(93)54(34-87)108-68)77-57(91)30-72-65(99)45(74-38(2)88)16-7-10-21-83-31-41(78-80-83)35-104-67-62(96)60(94)58(92)53(33-86)107-67/h24-27,31-32,40,44-46,53-54,58-63,67-68,86-87,92-97H,5-23,28-30,33-37H2,1-4H3,(H8-,70,71,72,73,74,76,77,88,89,90,91,98,99,100,101,102,103)/t40?,44-,45-,46-,53+,54+,58+,59+,60-,61-,62-,63-,67-,68-/m0/s1. The summed E-state index contributed by atoms with van der Waals surface area (Å²) in [6.07, 6.45) is -6.72. The summed E-state index contributed by atoms with van der Waals surface area (Å²) in [4.78, 5) is 99.5. The molecule has 2 aromatic carbocycles. The second-order valence-corrected chi connectivity index (χ2v) is 30.0. The third-order valence-electron chi connectivity index (χ3n) is 19.8. The van der Waals surface area contributed by atoms with E-state index in [4.69, 9.17) is 34.4 Å². The molecule has 9 rings (SSSR count). The number of hydrogen-bond donors (Lipinski definition) is 15. The molecular weight excluding hydrogens is 1450 g/mol. The van der Waals surface area contributed by atoms with Crippen LogP contribution in [-0.4, -0.2) is 268 Å². The van der Waals surface area contributed by atoms with E-state index in [0.29, 0.717) is 97.5 Å². The van der Waals surface area contributed by atoms with E-state index >= 15 is 0 Å². The van der Waals surface area contributed by atoms with Crippen LogP contribution >= 0.6 is 0 Å². The first kappa shape index (κ1) is 84.7. The molecule has 0 radical (unpaired) electrons. The number of nitrogens with two attached hydrogens (primary N) is 1. The van der Waals surface area contributed by atoms with Gasteiger partial charge in [-0.2, -0.15) is 0 Å². The van der Waals surface area contributed by atoms with E-state index in [1.54, 1.807) is 6.20 Å². The van der Waals surface area contributed by atoms with Crippen molar-refractivity contribution in [3.05, 3.63) is 69.9 Å². The third kappa shape index (κ3) is 23.4. The van der Waals surface area contributed by atoms with E-state index in [-0.39, 0.29) is 70.0 Å². The number of anilines is 1. The van der Waals surface area contributed by atoms with Crippen LogP contribution in [0.25, 0.3) is 0 Å². The summed E-state index contributed by atoms with van der Waals surface area (Å²) in [5, 5.41) is 113. The lowest BCUT2D eigenvalue weighted by molar-refractivity contribution is -0.304. The number of aliphatic hydroxyl groups is 8. The van der Waals surface area contributed by atoms with Crippen LogP contribution in [0, 0.1) is 0 Å². The summed E-state index contributed by atoms with van der Waals surface area (Å²) < 4.78 is 70.5. The fourth-order valence-electron chi connectivity index (χ4n) is 14.0. The predicted octanol–water partition coefficient (Wildman–Crippen LogP) is -5.37. The van der Waals surface area contributed by atoms with Crippen molar-refractivity contribution in [1.29, 1.82) is 0 Å². The topological polar surface area (TPSA) is 563 Å². The number of primary amides is 1. The number of carbonyl (C=O) groups excluding carboxylic acids is 7. The molecule has 16 N–H and O–H groups in total. The van der Waals surface area contributed by atoms with Crippen LogP contribution in [0.2, 0.25) is 0 Å². The summed E-state index contributed by atoms with van der Waals surface area (Å²) in [7, 11) is -4.63. The van der Waals surface area contributed by atoms with Crippen LogP contribution in [0.15, 0.2) is 41.7 Å².